The molecule has 1 aromatic carbocycles. The van der Waals surface area contributed by atoms with E-state index in [-0.39, 0.29) is 12.1 Å². The van der Waals surface area contributed by atoms with Crippen molar-refractivity contribution in [3.63, 3.8) is 0 Å². The molecule has 2 amide bonds. The number of thiazole rings is 1. The monoisotopic (exact) mass is 360 g/mol. The lowest BCUT2D eigenvalue weighted by Gasteiger charge is -2.35. The summed E-state index contributed by atoms with van der Waals surface area (Å²) in [4.78, 5) is 21.4. The number of piperazine rings is 1. The summed E-state index contributed by atoms with van der Waals surface area (Å²) < 4.78 is 1.25. The molecule has 6 heteroatoms. The van der Waals surface area contributed by atoms with E-state index in [9.17, 15) is 4.79 Å². The summed E-state index contributed by atoms with van der Waals surface area (Å²) in [7, 11) is 0. The number of aryl methyl sites for hydroxylation is 1. The summed E-state index contributed by atoms with van der Waals surface area (Å²) in [6.45, 7) is 9.60. The molecule has 2 aromatic rings. The molecule has 1 aromatic heterocycles. The van der Waals surface area contributed by atoms with E-state index in [1.54, 1.807) is 11.3 Å². The van der Waals surface area contributed by atoms with Gasteiger partial charge in [0.1, 0.15) is 0 Å². The molecule has 0 saturated carbocycles. The highest BCUT2D eigenvalue weighted by Gasteiger charge is 2.24. The predicted octanol–water partition coefficient (Wildman–Crippen LogP) is 3.88. The molecule has 1 aliphatic heterocycles. The van der Waals surface area contributed by atoms with Gasteiger partial charge in [0.05, 0.1) is 10.2 Å². The quantitative estimate of drug-likeness (QED) is 0.880. The first-order valence-corrected chi connectivity index (χ1v) is 10.2. The molecule has 25 heavy (non-hydrogen) atoms. The third kappa shape index (κ3) is 4.06. The maximum Gasteiger partial charge on any atom is 0.317 e. The molecule has 0 spiro atoms. The lowest BCUT2D eigenvalue weighted by atomic mass is 10.2. The van der Waals surface area contributed by atoms with Gasteiger partial charge in [0.15, 0.2) is 5.13 Å². The Balaban J connectivity index is 1.61. The number of carbonyl (C=O) groups excluding carboxylic acids is 1. The third-order valence-electron chi connectivity index (χ3n) is 5.00. The number of benzene rings is 1. The van der Waals surface area contributed by atoms with Gasteiger partial charge in [0.25, 0.3) is 0 Å². The number of fused-ring (bicyclic) bond motifs is 1. The van der Waals surface area contributed by atoms with Crippen LogP contribution < -0.4 is 10.2 Å². The first kappa shape index (κ1) is 18.0. The van der Waals surface area contributed by atoms with E-state index in [1.165, 1.54) is 10.3 Å². The van der Waals surface area contributed by atoms with Gasteiger partial charge >= 0.3 is 6.03 Å². The van der Waals surface area contributed by atoms with E-state index in [4.69, 9.17) is 4.98 Å². The normalized spacial score (nSPS) is 15.2. The second-order valence-corrected chi connectivity index (χ2v) is 7.60. The van der Waals surface area contributed by atoms with Crippen molar-refractivity contribution in [1.82, 2.24) is 15.2 Å². The van der Waals surface area contributed by atoms with Crippen LogP contribution in [-0.4, -0.2) is 48.1 Å². The Kier molecular flexibility index (Phi) is 5.78. The summed E-state index contributed by atoms with van der Waals surface area (Å²) in [6.07, 6.45) is 3.01. The maximum absolute atomic E-state index is 12.4. The number of urea groups is 1. The molecule has 1 aliphatic rings. The topological polar surface area (TPSA) is 48.5 Å². The zero-order chi connectivity index (χ0) is 17.8. The van der Waals surface area contributed by atoms with Crippen LogP contribution in [0.3, 0.4) is 0 Å². The molecule has 1 N–H and O–H groups in total. The Hall–Kier alpha value is -1.82. The van der Waals surface area contributed by atoms with E-state index >= 15 is 0 Å². The van der Waals surface area contributed by atoms with Crippen LogP contribution in [0.25, 0.3) is 10.2 Å². The van der Waals surface area contributed by atoms with Crippen LogP contribution in [0.4, 0.5) is 9.93 Å². The summed E-state index contributed by atoms with van der Waals surface area (Å²) in [5, 5.41) is 4.20. The van der Waals surface area contributed by atoms with Gasteiger partial charge in [-0.15, -0.1) is 0 Å². The maximum atomic E-state index is 12.4. The number of rotatable bonds is 5. The van der Waals surface area contributed by atoms with Gasteiger partial charge in [-0.05, 0) is 37.0 Å². The molecule has 1 fully saturated rings. The zero-order valence-electron chi connectivity index (χ0n) is 15.4. The van der Waals surface area contributed by atoms with Crippen molar-refractivity contribution < 1.29 is 4.79 Å². The van der Waals surface area contributed by atoms with E-state index in [0.29, 0.717) is 0 Å². The minimum absolute atomic E-state index is 0.0743. The molecule has 1 saturated heterocycles. The van der Waals surface area contributed by atoms with Gasteiger partial charge < -0.3 is 15.1 Å². The van der Waals surface area contributed by atoms with E-state index in [1.807, 2.05) is 4.90 Å². The summed E-state index contributed by atoms with van der Waals surface area (Å²) in [5.74, 6) is 0. The van der Waals surface area contributed by atoms with Gasteiger partial charge in [-0.3, -0.25) is 0 Å². The number of anilines is 1. The highest BCUT2D eigenvalue weighted by atomic mass is 32.1. The molecule has 0 unspecified atom stereocenters. The molecular formula is C19H28N4OS. The molecule has 3 rings (SSSR count). The fourth-order valence-electron chi connectivity index (χ4n) is 3.17. The number of hydrogen-bond acceptors (Lipinski definition) is 4. The zero-order valence-corrected chi connectivity index (χ0v) is 16.2. The van der Waals surface area contributed by atoms with E-state index in [0.717, 1.165) is 56.1 Å². The van der Waals surface area contributed by atoms with Crippen molar-refractivity contribution in [1.29, 1.82) is 0 Å². The van der Waals surface area contributed by atoms with Gasteiger partial charge in [-0.25, -0.2) is 9.78 Å². The third-order valence-corrected chi connectivity index (χ3v) is 6.08. The van der Waals surface area contributed by atoms with Crippen molar-refractivity contribution in [2.75, 3.05) is 31.1 Å². The van der Waals surface area contributed by atoms with Crippen molar-refractivity contribution in [2.45, 2.75) is 46.1 Å². The highest BCUT2D eigenvalue weighted by Crippen LogP contribution is 2.30. The Morgan fingerprint density at radius 3 is 2.56 bits per heavy atom. The number of nitrogens with zero attached hydrogens (tertiary/aromatic N) is 3. The summed E-state index contributed by atoms with van der Waals surface area (Å²) in [5.41, 5.74) is 2.43. The van der Waals surface area contributed by atoms with Crippen molar-refractivity contribution in [3.8, 4) is 0 Å². The molecule has 2 heterocycles. The molecule has 5 nitrogen and oxygen atoms in total. The van der Waals surface area contributed by atoms with Crippen LogP contribution in [0.5, 0.6) is 0 Å². The molecule has 0 aliphatic carbocycles. The Morgan fingerprint density at radius 2 is 1.92 bits per heavy atom. The average Bonchev–Trinajstić information content (AvgIpc) is 3.09. The number of carbonyl (C=O) groups is 1. The van der Waals surface area contributed by atoms with Crippen LogP contribution >= 0.6 is 11.3 Å². The lowest BCUT2D eigenvalue weighted by Crippen LogP contribution is -2.53. The number of nitrogens with one attached hydrogen (secondary N) is 1. The smallest absolute Gasteiger partial charge is 0.317 e. The average molecular weight is 361 g/mol. The molecule has 0 atom stereocenters. The fraction of sp³-hybridized carbons (Fsp3) is 0.579. The SMILES string of the molecule is CCc1ccc2nc(N3CCN(C(=O)NC(CC)CC)CC3)sc2c1. The second-order valence-electron chi connectivity index (χ2n) is 6.59. The molecule has 0 radical (unpaired) electrons. The van der Waals surface area contributed by atoms with Crippen molar-refractivity contribution in [3.05, 3.63) is 23.8 Å². The number of hydrogen-bond donors (Lipinski definition) is 1. The second kappa shape index (κ2) is 8.04. The van der Waals surface area contributed by atoms with Gasteiger partial charge in [-0.1, -0.05) is 38.2 Å². The van der Waals surface area contributed by atoms with Crippen LogP contribution in [0, 0.1) is 0 Å². The fourth-order valence-corrected chi connectivity index (χ4v) is 4.25. The predicted molar refractivity (Wildman–Crippen MR) is 106 cm³/mol. The lowest BCUT2D eigenvalue weighted by molar-refractivity contribution is 0.189. The van der Waals surface area contributed by atoms with Gasteiger partial charge in [0.2, 0.25) is 0 Å². The Bertz CT molecular complexity index is 717. The largest absolute Gasteiger partial charge is 0.345 e. The Labute approximate surface area is 154 Å². The number of aromatic nitrogens is 1. The van der Waals surface area contributed by atoms with Gasteiger partial charge in [-0.2, -0.15) is 0 Å². The molecule has 0 bridgehead atoms. The van der Waals surface area contributed by atoms with Crippen molar-refractivity contribution >= 4 is 32.7 Å². The van der Waals surface area contributed by atoms with Crippen LogP contribution in [-0.2, 0) is 6.42 Å². The van der Waals surface area contributed by atoms with Crippen LogP contribution in [0.15, 0.2) is 18.2 Å². The standard InChI is InChI=1S/C19H28N4OS/c1-4-14-7-8-16-17(13-14)25-19(21-16)23-11-9-22(10-12-23)18(24)20-15(5-2)6-3/h7-8,13,15H,4-6,9-12H2,1-3H3,(H,20,24). The summed E-state index contributed by atoms with van der Waals surface area (Å²) in [6, 6.07) is 6.88. The highest BCUT2D eigenvalue weighted by molar-refractivity contribution is 7.22. The first-order valence-electron chi connectivity index (χ1n) is 9.34. The van der Waals surface area contributed by atoms with Gasteiger partial charge in [0, 0.05) is 32.2 Å². The minimum Gasteiger partial charge on any atom is -0.345 e. The van der Waals surface area contributed by atoms with Crippen LogP contribution in [0.1, 0.15) is 39.2 Å². The van der Waals surface area contributed by atoms with Crippen LogP contribution in [0.2, 0.25) is 0 Å². The summed E-state index contributed by atoms with van der Waals surface area (Å²) >= 11 is 1.76. The van der Waals surface area contributed by atoms with Crippen molar-refractivity contribution in [2.24, 2.45) is 0 Å². The first-order chi connectivity index (χ1) is 12.1. The van der Waals surface area contributed by atoms with E-state index < -0.39 is 0 Å². The number of amides is 2. The molecular weight excluding hydrogens is 332 g/mol. The van der Waals surface area contributed by atoms with E-state index in [2.05, 4.69) is 49.2 Å². The Morgan fingerprint density at radius 1 is 1.20 bits per heavy atom. The molecule has 136 valence electrons. The minimum atomic E-state index is 0.0743.